The summed E-state index contributed by atoms with van der Waals surface area (Å²) in [6.07, 6.45) is 11.7. The normalized spacial score (nSPS) is 11.4. The van der Waals surface area contributed by atoms with Crippen molar-refractivity contribution in [1.82, 2.24) is 10.2 Å². The van der Waals surface area contributed by atoms with Crippen molar-refractivity contribution < 1.29 is 4.42 Å². The van der Waals surface area contributed by atoms with Crippen molar-refractivity contribution in [2.45, 2.75) is 12.3 Å². The second kappa shape index (κ2) is 18.8. The quantitative estimate of drug-likeness (QED) is 0.109. The molecule has 0 N–H and O–H groups in total. The van der Waals surface area contributed by atoms with Gasteiger partial charge < -0.3 is 4.42 Å². The molecular formula is C58H44N2O. The third kappa shape index (κ3) is 9.88. The minimum atomic E-state index is 0.311. The van der Waals surface area contributed by atoms with Crippen LogP contribution in [0.3, 0.4) is 0 Å². The molecule has 0 aliphatic heterocycles. The van der Waals surface area contributed by atoms with E-state index in [1.165, 1.54) is 33.4 Å². The smallest absolute Gasteiger partial charge is 0.248 e. The van der Waals surface area contributed by atoms with Gasteiger partial charge in [0.1, 0.15) is 0 Å². The fourth-order valence-corrected chi connectivity index (χ4v) is 7.55. The topological polar surface area (TPSA) is 38.9 Å². The molecule has 0 bridgehead atoms. The summed E-state index contributed by atoms with van der Waals surface area (Å²) in [7, 11) is 0. The molecular weight excluding hydrogens is 741 g/mol. The SMILES string of the molecule is C(=C(c1ccccc1)c1ccccc1)c1ccc(/C=C/c2ccc(-c3nnc(-c4ccc(/C=C/c5ccc(CC(c6ccccc6)c6ccccc6)cc5)cc4)o3)cc2)cc1. The third-order valence-electron chi connectivity index (χ3n) is 10.9. The molecule has 292 valence electrons. The summed E-state index contributed by atoms with van der Waals surface area (Å²) in [5.74, 6) is 1.29. The molecule has 9 rings (SSSR count). The highest BCUT2D eigenvalue weighted by molar-refractivity contribution is 5.91. The van der Waals surface area contributed by atoms with E-state index in [1.54, 1.807) is 0 Å². The predicted molar refractivity (Wildman–Crippen MR) is 254 cm³/mol. The van der Waals surface area contributed by atoms with E-state index in [2.05, 4.69) is 235 Å². The van der Waals surface area contributed by atoms with Gasteiger partial charge in [0.05, 0.1) is 0 Å². The second-order valence-corrected chi connectivity index (χ2v) is 15.1. The lowest BCUT2D eigenvalue weighted by atomic mass is 9.86. The van der Waals surface area contributed by atoms with Gasteiger partial charge in [-0.25, -0.2) is 0 Å². The van der Waals surface area contributed by atoms with Gasteiger partial charge in [0, 0.05) is 17.0 Å². The van der Waals surface area contributed by atoms with Crippen LogP contribution < -0.4 is 0 Å². The second-order valence-electron chi connectivity index (χ2n) is 15.1. The van der Waals surface area contributed by atoms with Crippen molar-refractivity contribution in [3.8, 4) is 22.9 Å². The largest absolute Gasteiger partial charge is 0.416 e. The molecule has 0 radical (unpaired) electrons. The standard InChI is InChI=1S/C58H44N2O/c1-5-13-49(14-6-1)55(50-15-7-2-8-16-50)41-47-29-25-43(26-30-47)21-23-45-33-37-53(38-34-45)57-59-60-58(61-57)54-39-35-46(36-40-54)24-22-44-27-31-48(32-28-44)42-56(51-17-9-3-10-18-51)52-19-11-4-12-20-52/h1-41,56H,42H2/b23-21+,24-22+. The first-order valence-electron chi connectivity index (χ1n) is 20.7. The lowest BCUT2D eigenvalue weighted by Crippen LogP contribution is -2.05. The minimum absolute atomic E-state index is 0.311. The maximum absolute atomic E-state index is 6.12. The van der Waals surface area contributed by atoms with Crippen LogP contribution in [0.15, 0.2) is 223 Å². The highest BCUT2D eigenvalue weighted by atomic mass is 16.4. The number of hydrogen-bond acceptors (Lipinski definition) is 3. The summed E-state index contributed by atoms with van der Waals surface area (Å²) >= 11 is 0. The number of benzene rings is 8. The highest BCUT2D eigenvalue weighted by Gasteiger charge is 2.15. The fraction of sp³-hybridized carbons (Fsp3) is 0.0345. The van der Waals surface area contributed by atoms with Gasteiger partial charge in [0.2, 0.25) is 11.8 Å². The molecule has 0 spiro atoms. The Kier molecular flexibility index (Phi) is 11.9. The molecule has 61 heavy (non-hydrogen) atoms. The Morgan fingerprint density at radius 1 is 0.377 bits per heavy atom. The number of nitrogens with zero attached hydrogens (tertiary/aromatic N) is 2. The maximum atomic E-state index is 6.12. The Labute approximate surface area is 358 Å². The zero-order valence-corrected chi connectivity index (χ0v) is 33.8. The van der Waals surface area contributed by atoms with Crippen LogP contribution in [-0.4, -0.2) is 10.2 Å². The molecule has 8 aromatic carbocycles. The van der Waals surface area contributed by atoms with Gasteiger partial charge >= 0.3 is 0 Å². The monoisotopic (exact) mass is 784 g/mol. The lowest BCUT2D eigenvalue weighted by molar-refractivity contribution is 0.584. The van der Waals surface area contributed by atoms with E-state index in [0.29, 0.717) is 17.7 Å². The molecule has 0 saturated heterocycles. The molecule has 0 atom stereocenters. The van der Waals surface area contributed by atoms with Crippen molar-refractivity contribution in [2.24, 2.45) is 0 Å². The van der Waals surface area contributed by atoms with Gasteiger partial charge in [-0.3, -0.25) is 0 Å². The van der Waals surface area contributed by atoms with Crippen LogP contribution in [0.5, 0.6) is 0 Å². The van der Waals surface area contributed by atoms with Gasteiger partial charge in [-0.05, 0) is 98.0 Å². The molecule has 0 aliphatic rings. The van der Waals surface area contributed by atoms with Crippen LogP contribution in [0.4, 0.5) is 0 Å². The first kappa shape index (κ1) is 38.6. The molecule has 0 aliphatic carbocycles. The predicted octanol–water partition coefficient (Wildman–Crippen LogP) is 14.7. The van der Waals surface area contributed by atoms with Crippen LogP contribution in [0.1, 0.15) is 61.6 Å². The Hall–Kier alpha value is -7.88. The van der Waals surface area contributed by atoms with Crippen LogP contribution in [0, 0.1) is 0 Å². The summed E-state index contributed by atoms with van der Waals surface area (Å²) in [5, 5.41) is 8.72. The Balaban J connectivity index is 0.805. The minimum Gasteiger partial charge on any atom is -0.416 e. The molecule has 3 heteroatoms. The van der Waals surface area contributed by atoms with E-state index < -0.39 is 0 Å². The van der Waals surface area contributed by atoms with Crippen molar-refractivity contribution >= 4 is 36.0 Å². The maximum Gasteiger partial charge on any atom is 0.248 e. The van der Waals surface area contributed by atoms with E-state index in [4.69, 9.17) is 4.42 Å². The summed E-state index contributed by atoms with van der Waals surface area (Å²) in [5.41, 5.74) is 15.0. The summed E-state index contributed by atoms with van der Waals surface area (Å²) in [6.45, 7) is 0. The van der Waals surface area contributed by atoms with E-state index in [0.717, 1.165) is 45.4 Å². The van der Waals surface area contributed by atoms with Crippen LogP contribution >= 0.6 is 0 Å². The highest BCUT2D eigenvalue weighted by Crippen LogP contribution is 2.30. The Morgan fingerprint density at radius 2 is 0.721 bits per heavy atom. The number of hydrogen-bond donors (Lipinski definition) is 0. The summed E-state index contributed by atoms with van der Waals surface area (Å²) in [6, 6.07) is 76.5. The van der Waals surface area contributed by atoms with Gasteiger partial charge in [0.25, 0.3) is 0 Å². The molecule has 1 aromatic heterocycles. The Bertz CT molecular complexity index is 2780. The molecule has 3 nitrogen and oxygen atoms in total. The number of rotatable bonds is 13. The van der Waals surface area contributed by atoms with Crippen LogP contribution in [-0.2, 0) is 6.42 Å². The molecule has 0 saturated carbocycles. The molecule has 0 unspecified atom stereocenters. The van der Waals surface area contributed by atoms with Gasteiger partial charge in [-0.15, -0.1) is 10.2 Å². The third-order valence-corrected chi connectivity index (χ3v) is 10.9. The van der Waals surface area contributed by atoms with Gasteiger partial charge in [-0.2, -0.15) is 0 Å². The fourth-order valence-electron chi connectivity index (χ4n) is 7.55. The molecule has 0 amide bonds. The first-order chi connectivity index (χ1) is 30.2. The van der Waals surface area contributed by atoms with E-state index in [-0.39, 0.29) is 0 Å². The Morgan fingerprint density at radius 3 is 1.13 bits per heavy atom. The first-order valence-corrected chi connectivity index (χ1v) is 20.7. The van der Waals surface area contributed by atoms with Crippen molar-refractivity contribution in [2.75, 3.05) is 0 Å². The van der Waals surface area contributed by atoms with Crippen molar-refractivity contribution in [1.29, 1.82) is 0 Å². The average Bonchev–Trinajstić information content (AvgIpc) is 3.84. The molecule has 0 fully saturated rings. The zero-order chi connectivity index (χ0) is 41.1. The average molecular weight is 785 g/mol. The lowest BCUT2D eigenvalue weighted by Gasteiger charge is -2.18. The van der Waals surface area contributed by atoms with Crippen LogP contribution in [0.2, 0.25) is 0 Å². The van der Waals surface area contributed by atoms with Crippen LogP contribution in [0.25, 0.3) is 58.9 Å². The van der Waals surface area contributed by atoms with Gasteiger partial charge in [0.15, 0.2) is 0 Å². The number of aromatic nitrogens is 2. The molecule has 9 aromatic rings. The summed E-state index contributed by atoms with van der Waals surface area (Å²) < 4.78 is 6.12. The van der Waals surface area contributed by atoms with Crippen molar-refractivity contribution in [3.05, 3.63) is 274 Å². The molecule has 1 heterocycles. The summed E-state index contributed by atoms with van der Waals surface area (Å²) in [4.78, 5) is 0. The van der Waals surface area contributed by atoms with Gasteiger partial charge in [-0.1, -0.05) is 218 Å². The van der Waals surface area contributed by atoms with E-state index in [9.17, 15) is 0 Å². The van der Waals surface area contributed by atoms with Crippen molar-refractivity contribution in [3.63, 3.8) is 0 Å². The van der Waals surface area contributed by atoms with E-state index >= 15 is 0 Å². The zero-order valence-electron chi connectivity index (χ0n) is 33.8. The van der Waals surface area contributed by atoms with E-state index in [1.807, 2.05) is 24.3 Å².